The molecule has 1 heterocycles. The first-order valence-corrected chi connectivity index (χ1v) is 12.6. The number of carbonyl (C=O) groups excluding carboxylic acids is 3. The third-order valence-electron chi connectivity index (χ3n) is 7.25. The van der Waals surface area contributed by atoms with Crippen molar-refractivity contribution in [3.05, 3.63) is 11.6 Å². The number of piperidine rings is 1. The van der Waals surface area contributed by atoms with E-state index in [9.17, 15) is 14.4 Å². The monoisotopic (exact) mass is 463 g/mol. The summed E-state index contributed by atoms with van der Waals surface area (Å²) in [4.78, 5) is 42.6. The SMILES string of the molecule is CCOC(=O)/C(C)=C/CN(C)C(=O)C(NC(=O)C1CCCCN1C(C)C1CCC1)C(C)(C)C. The number of esters is 1. The van der Waals surface area contributed by atoms with Crippen LogP contribution in [0.15, 0.2) is 11.6 Å². The molecule has 2 amide bonds. The normalized spacial score (nSPS) is 22.2. The van der Waals surface area contributed by atoms with Crippen LogP contribution in [0.2, 0.25) is 0 Å². The Morgan fingerprint density at radius 3 is 2.36 bits per heavy atom. The smallest absolute Gasteiger partial charge is 0.333 e. The minimum absolute atomic E-state index is 0.0409. The molecule has 7 nitrogen and oxygen atoms in total. The van der Waals surface area contributed by atoms with Gasteiger partial charge in [0.15, 0.2) is 0 Å². The van der Waals surface area contributed by atoms with Crippen molar-refractivity contribution in [1.29, 1.82) is 0 Å². The number of amides is 2. The van der Waals surface area contributed by atoms with E-state index < -0.39 is 11.5 Å². The second-order valence-corrected chi connectivity index (χ2v) is 10.8. The van der Waals surface area contributed by atoms with Crippen molar-refractivity contribution in [2.75, 3.05) is 26.7 Å². The predicted molar refractivity (Wildman–Crippen MR) is 131 cm³/mol. The molecule has 1 saturated heterocycles. The highest BCUT2D eigenvalue weighted by Gasteiger charge is 2.40. The van der Waals surface area contributed by atoms with E-state index in [1.807, 2.05) is 20.8 Å². The Balaban J connectivity index is 2.09. The van der Waals surface area contributed by atoms with Gasteiger partial charge in [-0.1, -0.05) is 39.7 Å². The van der Waals surface area contributed by atoms with Crippen LogP contribution in [0, 0.1) is 11.3 Å². The average Bonchev–Trinajstić information content (AvgIpc) is 2.72. The first kappa shape index (κ1) is 27.4. The molecule has 0 aromatic carbocycles. The van der Waals surface area contributed by atoms with Gasteiger partial charge in [-0.2, -0.15) is 0 Å². The van der Waals surface area contributed by atoms with Gasteiger partial charge in [-0.05, 0) is 64.3 Å². The van der Waals surface area contributed by atoms with Crippen molar-refractivity contribution in [3.63, 3.8) is 0 Å². The fraction of sp³-hybridized carbons (Fsp3) is 0.808. The summed E-state index contributed by atoms with van der Waals surface area (Å²) in [6.45, 7) is 13.2. The van der Waals surface area contributed by atoms with Crippen molar-refractivity contribution in [2.45, 2.75) is 98.2 Å². The van der Waals surface area contributed by atoms with Crippen LogP contribution in [0.25, 0.3) is 0 Å². The minimum Gasteiger partial charge on any atom is -0.463 e. The van der Waals surface area contributed by atoms with Crippen molar-refractivity contribution in [2.24, 2.45) is 11.3 Å². The molecule has 33 heavy (non-hydrogen) atoms. The number of nitrogens with one attached hydrogen (secondary N) is 1. The third-order valence-corrected chi connectivity index (χ3v) is 7.25. The van der Waals surface area contributed by atoms with E-state index in [2.05, 4.69) is 17.1 Å². The van der Waals surface area contributed by atoms with Crippen LogP contribution < -0.4 is 5.32 Å². The van der Waals surface area contributed by atoms with Gasteiger partial charge in [0.05, 0.1) is 12.6 Å². The molecule has 1 N–H and O–H groups in total. The van der Waals surface area contributed by atoms with Crippen LogP contribution in [-0.4, -0.2) is 72.5 Å². The summed E-state index contributed by atoms with van der Waals surface area (Å²) >= 11 is 0. The van der Waals surface area contributed by atoms with E-state index >= 15 is 0 Å². The molecule has 3 unspecified atom stereocenters. The molecular weight excluding hydrogens is 418 g/mol. The molecular formula is C26H45N3O4. The average molecular weight is 464 g/mol. The van der Waals surface area contributed by atoms with Crippen LogP contribution >= 0.6 is 0 Å². The van der Waals surface area contributed by atoms with Gasteiger partial charge in [-0.25, -0.2) is 4.79 Å². The van der Waals surface area contributed by atoms with Crippen LogP contribution in [0.5, 0.6) is 0 Å². The fourth-order valence-corrected chi connectivity index (χ4v) is 4.72. The molecule has 0 aromatic rings. The van der Waals surface area contributed by atoms with Crippen LogP contribution in [0.1, 0.15) is 80.1 Å². The number of likely N-dealkylation sites (tertiary alicyclic amines) is 1. The second kappa shape index (κ2) is 12.0. The van der Waals surface area contributed by atoms with Crippen LogP contribution in [-0.2, 0) is 19.1 Å². The maximum absolute atomic E-state index is 13.5. The largest absolute Gasteiger partial charge is 0.463 e. The Labute approximate surface area is 200 Å². The fourth-order valence-electron chi connectivity index (χ4n) is 4.72. The van der Waals surface area contributed by atoms with Gasteiger partial charge in [0, 0.05) is 25.2 Å². The number of carbonyl (C=O) groups is 3. The molecule has 1 saturated carbocycles. The molecule has 0 spiro atoms. The van der Waals surface area contributed by atoms with Crippen LogP contribution in [0.4, 0.5) is 0 Å². The van der Waals surface area contributed by atoms with E-state index in [1.165, 1.54) is 19.3 Å². The highest BCUT2D eigenvalue weighted by Crippen LogP contribution is 2.35. The zero-order valence-electron chi connectivity index (χ0n) is 21.8. The van der Waals surface area contributed by atoms with Gasteiger partial charge in [-0.15, -0.1) is 0 Å². The number of hydrogen-bond acceptors (Lipinski definition) is 5. The first-order chi connectivity index (χ1) is 15.5. The molecule has 0 radical (unpaired) electrons. The summed E-state index contributed by atoms with van der Waals surface area (Å²) in [6.07, 6.45) is 8.48. The Bertz CT molecular complexity index is 724. The Morgan fingerprint density at radius 2 is 1.82 bits per heavy atom. The zero-order valence-corrected chi connectivity index (χ0v) is 21.8. The second-order valence-electron chi connectivity index (χ2n) is 10.8. The standard InChI is InChI=1S/C26H45N3O4/c1-8-33-25(32)18(2)15-17-28(7)24(31)22(26(4,5)6)27-23(30)21-14-9-10-16-29(21)19(3)20-12-11-13-20/h15,19-22H,8-14,16-17H2,1-7H3,(H,27,30)/b18-15+. The Hall–Kier alpha value is -1.89. The van der Waals surface area contributed by atoms with Crippen LogP contribution in [0.3, 0.4) is 0 Å². The highest BCUT2D eigenvalue weighted by molar-refractivity contribution is 5.91. The van der Waals surface area contributed by atoms with Gasteiger partial charge < -0.3 is 15.0 Å². The van der Waals surface area contributed by atoms with Gasteiger partial charge in [0.25, 0.3) is 0 Å². The van der Waals surface area contributed by atoms with Gasteiger partial charge >= 0.3 is 5.97 Å². The molecule has 2 aliphatic rings. The van der Waals surface area contributed by atoms with Gasteiger partial charge in [-0.3, -0.25) is 14.5 Å². The Morgan fingerprint density at radius 1 is 1.15 bits per heavy atom. The van der Waals surface area contributed by atoms with E-state index in [1.54, 1.807) is 31.9 Å². The molecule has 3 atom stereocenters. The lowest BCUT2D eigenvalue weighted by atomic mass is 9.78. The molecule has 2 rings (SSSR count). The number of ether oxygens (including phenoxy) is 1. The summed E-state index contributed by atoms with van der Waals surface area (Å²) < 4.78 is 5.00. The molecule has 1 aliphatic carbocycles. The number of nitrogens with zero attached hydrogens (tertiary/aromatic N) is 2. The number of hydrogen-bond donors (Lipinski definition) is 1. The molecule has 7 heteroatoms. The summed E-state index contributed by atoms with van der Waals surface area (Å²) in [6, 6.07) is -0.422. The maximum Gasteiger partial charge on any atom is 0.333 e. The zero-order chi connectivity index (χ0) is 24.8. The van der Waals surface area contributed by atoms with Crippen molar-refractivity contribution >= 4 is 17.8 Å². The lowest BCUT2D eigenvalue weighted by Crippen LogP contribution is -2.60. The molecule has 2 fully saturated rings. The minimum atomic E-state index is -0.644. The van der Waals surface area contributed by atoms with Gasteiger partial charge in [0.1, 0.15) is 6.04 Å². The molecule has 1 aliphatic heterocycles. The molecule has 0 bridgehead atoms. The highest BCUT2D eigenvalue weighted by atomic mass is 16.5. The van der Waals surface area contributed by atoms with E-state index in [-0.39, 0.29) is 30.4 Å². The van der Waals surface area contributed by atoms with E-state index in [4.69, 9.17) is 4.74 Å². The number of rotatable bonds is 9. The van der Waals surface area contributed by atoms with Crippen molar-refractivity contribution in [3.8, 4) is 0 Å². The van der Waals surface area contributed by atoms with Crippen molar-refractivity contribution < 1.29 is 19.1 Å². The molecule has 0 aromatic heterocycles. The maximum atomic E-state index is 13.5. The summed E-state index contributed by atoms with van der Waals surface area (Å²) in [5.74, 6) is 0.106. The molecule has 188 valence electrons. The summed E-state index contributed by atoms with van der Waals surface area (Å²) in [7, 11) is 1.70. The van der Waals surface area contributed by atoms with E-state index in [0.717, 1.165) is 25.8 Å². The first-order valence-electron chi connectivity index (χ1n) is 12.6. The quantitative estimate of drug-likeness (QED) is 0.418. The van der Waals surface area contributed by atoms with E-state index in [0.29, 0.717) is 24.1 Å². The third kappa shape index (κ3) is 7.29. The summed E-state index contributed by atoms with van der Waals surface area (Å²) in [5.41, 5.74) is 0.0238. The van der Waals surface area contributed by atoms with Crippen molar-refractivity contribution in [1.82, 2.24) is 15.1 Å². The number of likely N-dealkylation sites (N-methyl/N-ethyl adjacent to an activating group) is 1. The van der Waals surface area contributed by atoms with Gasteiger partial charge in [0.2, 0.25) is 11.8 Å². The Kier molecular flexibility index (Phi) is 9.95. The lowest BCUT2D eigenvalue weighted by Gasteiger charge is -2.45. The topological polar surface area (TPSA) is 79.0 Å². The summed E-state index contributed by atoms with van der Waals surface area (Å²) in [5, 5.41) is 3.11. The lowest BCUT2D eigenvalue weighted by molar-refractivity contribution is -0.141. The predicted octanol–water partition coefficient (Wildman–Crippen LogP) is 3.53.